The molecule has 2 unspecified atom stereocenters. The second-order valence-corrected chi connectivity index (χ2v) is 4.30. The molecule has 4 N–H and O–H groups in total. The van der Waals surface area contributed by atoms with Crippen molar-refractivity contribution in [2.45, 2.75) is 19.4 Å². The number of nitrogens with one attached hydrogen (secondary N) is 2. The lowest BCUT2D eigenvalue weighted by molar-refractivity contribution is 0.183. The number of nitrogens with two attached hydrogens (primary N) is 1. The molecule has 1 aromatic heterocycles. The third-order valence-electron chi connectivity index (χ3n) is 3.05. The SMILES string of the molecule is CNc1cc(NC(C)C2CCOC2)nc(N)n1. The minimum Gasteiger partial charge on any atom is -0.381 e. The highest BCUT2D eigenvalue weighted by molar-refractivity contribution is 5.51. The molecule has 17 heavy (non-hydrogen) atoms. The fraction of sp³-hybridized carbons (Fsp3) is 0.636. The third-order valence-corrected chi connectivity index (χ3v) is 3.05. The van der Waals surface area contributed by atoms with Gasteiger partial charge in [0.25, 0.3) is 0 Å². The Labute approximate surface area is 101 Å². The van der Waals surface area contributed by atoms with Crippen molar-refractivity contribution >= 4 is 17.6 Å². The smallest absolute Gasteiger partial charge is 0.223 e. The summed E-state index contributed by atoms with van der Waals surface area (Å²) in [5.74, 6) is 2.27. The Balaban J connectivity index is 2.04. The van der Waals surface area contributed by atoms with Crippen LogP contribution in [0.4, 0.5) is 17.6 Å². The normalized spacial score (nSPS) is 21.2. The number of hydrogen-bond acceptors (Lipinski definition) is 6. The predicted octanol–water partition coefficient (Wildman–Crippen LogP) is 0.937. The molecule has 2 heterocycles. The van der Waals surface area contributed by atoms with E-state index in [4.69, 9.17) is 10.5 Å². The topological polar surface area (TPSA) is 85.1 Å². The van der Waals surface area contributed by atoms with Crippen molar-refractivity contribution in [2.75, 3.05) is 36.6 Å². The quantitative estimate of drug-likeness (QED) is 0.722. The van der Waals surface area contributed by atoms with Gasteiger partial charge in [0.1, 0.15) is 11.6 Å². The summed E-state index contributed by atoms with van der Waals surface area (Å²) in [6, 6.07) is 2.17. The van der Waals surface area contributed by atoms with Crippen molar-refractivity contribution in [2.24, 2.45) is 5.92 Å². The van der Waals surface area contributed by atoms with E-state index in [-0.39, 0.29) is 5.95 Å². The van der Waals surface area contributed by atoms with Gasteiger partial charge in [0.15, 0.2) is 0 Å². The average Bonchev–Trinajstić information content (AvgIpc) is 2.81. The van der Waals surface area contributed by atoms with Crippen LogP contribution in [-0.4, -0.2) is 36.3 Å². The number of hydrogen-bond donors (Lipinski definition) is 3. The number of anilines is 3. The molecule has 1 aliphatic heterocycles. The van der Waals surface area contributed by atoms with Crippen LogP contribution in [0, 0.1) is 5.92 Å². The van der Waals surface area contributed by atoms with Crippen molar-refractivity contribution in [3.63, 3.8) is 0 Å². The van der Waals surface area contributed by atoms with E-state index in [9.17, 15) is 0 Å². The minimum atomic E-state index is 0.272. The third kappa shape index (κ3) is 2.97. The van der Waals surface area contributed by atoms with Crippen LogP contribution in [0.15, 0.2) is 6.07 Å². The van der Waals surface area contributed by atoms with E-state index in [1.54, 1.807) is 7.05 Å². The van der Waals surface area contributed by atoms with E-state index in [0.29, 0.717) is 12.0 Å². The summed E-state index contributed by atoms with van der Waals surface area (Å²) in [6.07, 6.45) is 1.09. The lowest BCUT2D eigenvalue weighted by Crippen LogP contribution is -2.26. The van der Waals surface area contributed by atoms with E-state index in [1.807, 2.05) is 6.07 Å². The summed E-state index contributed by atoms with van der Waals surface area (Å²) in [7, 11) is 1.81. The average molecular weight is 237 g/mol. The van der Waals surface area contributed by atoms with Crippen LogP contribution in [0.5, 0.6) is 0 Å². The number of ether oxygens (including phenoxy) is 1. The Bertz CT molecular complexity index is 378. The van der Waals surface area contributed by atoms with Crippen LogP contribution in [-0.2, 0) is 4.74 Å². The Morgan fingerprint density at radius 3 is 2.88 bits per heavy atom. The van der Waals surface area contributed by atoms with Gasteiger partial charge in [-0.15, -0.1) is 0 Å². The standard InChI is InChI=1S/C11H19N5O/c1-7(8-3-4-17-6-8)14-10-5-9(13-2)15-11(12)16-10/h5,7-8H,3-4,6H2,1-2H3,(H4,12,13,14,15,16). The molecule has 0 aromatic carbocycles. The van der Waals surface area contributed by atoms with Gasteiger partial charge >= 0.3 is 0 Å². The largest absolute Gasteiger partial charge is 0.381 e. The van der Waals surface area contributed by atoms with Crippen LogP contribution in [0.25, 0.3) is 0 Å². The number of rotatable bonds is 4. The summed E-state index contributed by atoms with van der Waals surface area (Å²) in [6.45, 7) is 3.80. The summed E-state index contributed by atoms with van der Waals surface area (Å²) in [5, 5.41) is 6.30. The maximum Gasteiger partial charge on any atom is 0.223 e. The first-order valence-corrected chi connectivity index (χ1v) is 5.85. The van der Waals surface area contributed by atoms with Gasteiger partial charge in [-0.2, -0.15) is 9.97 Å². The lowest BCUT2D eigenvalue weighted by Gasteiger charge is -2.20. The molecule has 1 saturated heterocycles. The van der Waals surface area contributed by atoms with Crippen molar-refractivity contribution in [1.82, 2.24) is 9.97 Å². The summed E-state index contributed by atoms with van der Waals surface area (Å²) in [4.78, 5) is 8.22. The molecule has 0 saturated carbocycles. The van der Waals surface area contributed by atoms with Crippen LogP contribution < -0.4 is 16.4 Å². The summed E-state index contributed by atoms with van der Waals surface area (Å²) >= 11 is 0. The van der Waals surface area contributed by atoms with Crippen molar-refractivity contribution in [3.8, 4) is 0 Å². The van der Waals surface area contributed by atoms with Gasteiger partial charge in [-0.25, -0.2) is 0 Å². The van der Waals surface area contributed by atoms with Crippen LogP contribution in [0.1, 0.15) is 13.3 Å². The first-order chi connectivity index (χ1) is 8.19. The fourth-order valence-corrected chi connectivity index (χ4v) is 1.97. The first kappa shape index (κ1) is 11.9. The van der Waals surface area contributed by atoms with Gasteiger partial charge in [-0.05, 0) is 13.3 Å². The molecule has 6 nitrogen and oxygen atoms in total. The van der Waals surface area contributed by atoms with E-state index in [1.165, 1.54) is 0 Å². The van der Waals surface area contributed by atoms with Gasteiger partial charge in [0.2, 0.25) is 5.95 Å². The number of nitrogen functional groups attached to an aromatic ring is 1. The first-order valence-electron chi connectivity index (χ1n) is 5.85. The highest BCUT2D eigenvalue weighted by Crippen LogP contribution is 2.20. The van der Waals surface area contributed by atoms with Crippen molar-refractivity contribution < 1.29 is 4.74 Å². The molecule has 6 heteroatoms. The summed E-state index contributed by atoms with van der Waals surface area (Å²) in [5.41, 5.74) is 5.64. The second kappa shape index (κ2) is 5.18. The van der Waals surface area contributed by atoms with E-state index in [0.717, 1.165) is 31.3 Å². The Kier molecular flexibility index (Phi) is 3.63. The van der Waals surface area contributed by atoms with E-state index >= 15 is 0 Å². The Hall–Kier alpha value is -1.56. The molecule has 0 amide bonds. The predicted molar refractivity (Wildman–Crippen MR) is 68.0 cm³/mol. The van der Waals surface area contributed by atoms with Crippen molar-refractivity contribution in [1.29, 1.82) is 0 Å². The maximum atomic E-state index is 5.64. The molecule has 2 atom stereocenters. The monoisotopic (exact) mass is 237 g/mol. The molecule has 2 rings (SSSR count). The van der Waals surface area contributed by atoms with Crippen molar-refractivity contribution in [3.05, 3.63) is 6.07 Å². The molecule has 0 aliphatic carbocycles. The molecule has 0 radical (unpaired) electrons. The molecule has 0 bridgehead atoms. The highest BCUT2D eigenvalue weighted by atomic mass is 16.5. The van der Waals surface area contributed by atoms with Gasteiger partial charge in [-0.1, -0.05) is 0 Å². The van der Waals surface area contributed by atoms with Crippen LogP contribution in [0.3, 0.4) is 0 Å². The zero-order chi connectivity index (χ0) is 12.3. The molecular formula is C11H19N5O. The molecular weight excluding hydrogens is 218 g/mol. The minimum absolute atomic E-state index is 0.272. The number of nitrogens with zero attached hydrogens (tertiary/aromatic N) is 2. The van der Waals surface area contributed by atoms with Gasteiger partial charge in [0.05, 0.1) is 6.61 Å². The molecule has 94 valence electrons. The van der Waals surface area contributed by atoms with Gasteiger partial charge < -0.3 is 21.1 Å². The molecule has 1 aliphatic rings. The van der Waals surface area contributed by atoms with Gasteiger partial charge in [0, 0.05) is 31.7 Å². The second-order valence-electron chi connectivity index (χ2n) is 4.30. The van der Waals surface area contributed by atoms with E-state index in [2.05, 4.69) is 27.5 Å². The summed E-state index contributed by atoms with van der Waals surface area (Å²) < 4.78 is 5.37. The molecule has 1 fully saturated rings. The fourth-order valence-electron chi connectivity index (χ4n) is 1.97. The van der Waals surface area contributed by atoms with E-state index < -0.39 is 0 Å². The highest BCUT2D eigenvalue weighted by Gasteiger charge is 2.22. The Morgan fingerprint density at radius 2 is 2.24 bits per heavy atom. The molecule has 1 aromatic rings. The lowest BCUT2D eigenvalue weighted by atomic mass is 10.0. The maximum absolute atomic E-state index is 5.64. The van der Waals surface area contributed by atoms with Crippen LogP contribution >= 0.6 is 0 Å². The Morgan fingerprint density at radius 1 is 1.47 bits per heavy atom. The van der Waals surface area contributed by atoms with Gasteiger partial charge in [-0.3, -0.25) is 0 Å². The number of aromatic nitrogens is 2. The zero-order valence-electron chi connectivity index (χ0n) is 10.2. The van der Waals surface area contributed by atoms with Crippen LogP contribution in [0.2, 0.25) is 0 Å². The zero-order valence-corrected chi connectivity index (χ0v) is 10.2. The molecule has 0 spiro atoms.